The largest absolute Gasteiger partial charge is 0.324 e. The molecule has 0 aliphatic heterocycles. The molecule has 2 aromatic carbocycles. The van der Waals surface area contributed by atoms with Crippen molar-refractivity contribution in [3.05, 3.63) is 65.7 Å². The Bertz CT molecular complexity index is 673. The lowest BCUT2D eigenvalue weighted by Crippen LogP contribution is -2.26. The van der Waals surface area contributed by atoms with E-state index >= 15 is 0 Å². The van der Waals surface area contributed by atoms with Crippen molar-refractivity contribution in [1.29, 1.82) is 5.26 Å². The van der Waals surface area contributed by atoms with E-state index < -0.39 is 0 Å². The van der Waals surface area contributed by atoms with E-state index in [1.165, 1.54) is 0 Å². The maximum atomic E-state index is 12.8. The highest BCUT2D eigenvalue weighted by molar-refractivity contribution is 5.97. The predicted octanol–water partition coefficient (Wildman–Crippen LogP) is 4.33. The smallest absolute Gasteiger partial charge is 0.232 e. The minimum atomic E-state index is -0.224. The second kappa shape index (κ2) is 7.42. The molecule has 0 bridgehead atoms. The van der Waals surface area contributed by atoms with Crippen LogP contribution in [0.4, 0.5) is 5.69 Å². The summed E-state index contributed by atoms with van der Waals surface area (Å²) in [5, 5.41) is 12.1. The first-order chi connectivity index (χ1) is 10.7. The van der Waals surface area contributed by atoms with Crippen LogP contribution in [0.2, 0.25) is 0 Å². The molecule has 2 unspecified atom stereocenters. The Kier molecular flexibility index (Phi) is 5.32. The minimum absolute atomic E-state index is 0.0664. The van der Waals surface area contributed by atoms with Gasteiger partial charge in [0.25, 0.3) is 0 Å². The monoisotopic (exact) mass is 292 g/mol. The summed E-state index contributed by atoms with van der Waals surface area (Å²) in [4.78, 5) is 12.8. The van der Waals surface area contributed by atoms with E-state index in [2.05, 4.69) is 25.2 Å². The molecule has 3 heteroatoms. The van der Waals surface area contributed by atoms with Crippen LogP contribution >= 0.6 is 0 Å². The van der Waals surface area contributed by atoms with Gasteiger partial charge in [0.05, 0.1) is 17.2 Å². The summed E-state index contributed by atoms with van der Waals surface area (Å²) in [5.41, 5.74) is 2.05. The van der Waals surface area contributed by atoms with Crippen LogP contribution in [-0.4, -0.2) is 5.91 Å². The molecule has 0 spiro atoms. The number of anilines is 1. The third-order valence-electron chi connectivity index (χ3n) is 3.96. The maximum absolute atomic E-state index is 12.8. The average Bonchev–Trinajstić information content (AvgIpc) is 2.56. The van der Waals surface area contributed by atoms with Crippen molar-refractivity contribution >= 4 is 11.6 Å². The van der Waals surface area contributed by atoms with E-state index in [0.29, 0.717) is 11.3 Å². The van der Waals surface area contributed by atoms with Gasteiger partial charge in [0.2, 0.25) is 5.91 Å². The van der Waals surface area contributed by atoms with Gasteiger partial charge in [-0.25, -0.2) is 0 Å². The molecule has 2 rings (SSSR count). The van der Waals surface area contributed by atoms with Crippen molar-refractivity contribution in [2.24, 2.45) is 5.92 Å². The molecule has 112 valence electrons. The van der Waals surface area contributed by atoms with Gasteiger partial charge in [-0.05, 0) is 23.6 Å². The molecule has 2 atom stereocenters. The zero-order chi connectivity index (χ0) is 15.9. The Hall–Kier alpha value is -2.60. The van der Waals surface area contributed by atoms with E-state index in [0.717, 1.165) is 12.0 Å². The fourth-order valence-corrected chi connectivity index (χ4v) is 2.53. The van der Waals surface area contributed by atoms with Gasteiger partial charge in [0, 0.05) is 0 Å². The van der Waals surface area contributed by atoms with Gasteiger partial charge in [-0.3, -0.25) is 4.79 Å². The summed E-state index contributed by atoms with van der Waals surface area (Å²) >= 11 is 0. The summed E-state index contributed by atoms with van der Waals surface area (Å²) in [6, 6.07) is 19.0. The lowest BCUT2D eigenvalue weighted by atomic mass is 9.85. The Labute approximate surface area is 131 Å². The average molecular weight is 292 g/mol. The molecule has 3 nitrogen and oxygen atoms in total. The van der Waals surface area contributed by atoms with Crippen molar-refractivity contribution in [2.75, 3.05) is 5.32 Å². The number of benzene rings is 2. The number of rotatable bonds is 5. The number of carbonyl (C=O) groups excluding carboxylic acids is 1. The SMILES string of the molecule is CCC(C)C(C(=O)Nc1ccccc1C#N)c1ccccc1. The fraction of sp³-hybridized carbons (Fsp3) is 0.263. The van der Waals surface area contributed by atoms with E-state index in [9.17, 15) is 4.79 Å². The Morgan fingerprint density at radius 3 is 2.41 bits per heavy atom. The zero-order valence-electron chi connectivity index (χ0n) is 12.9. The minimum Gasteiger partial charge on any atom is -0.324 e. The van der Waals surface area contributed by atoms with Crippen LogP contribution in [0.1, 0.15) is 37.3 Å². The number of amides is 1. The summed E-state index contributed by atoms with van der Waals surface area (Å²) < 4.78 is 0. The third-order valence-corrected chi connectivity index (χ3v) is 3.96. The van der Waals surface area contributed by atoms with Gasteiger partial charge < -0.3 is 5.32 Å². The fourth-order valence-electron chi connectivity index (χ4n) is 2.53. The normalized spacial score (nSPS) is 13.0. The zero-order valence-corrected chi connectivity index (χ0v) is 12.9. The molecule has 0 aromatic heterocycles. The van der Waals surface area contributed by atoms with Crippen molar-refractivity contribution in [3.8, 4) is 6.07 Å². The number of carbonyl (C=O) groups is 1. The first-order valence-electron chi connectivity index (χ1n) is 7.52. The molecular formula is C19H20N2O. The second-order valence-electron chi connectivity index (χ2n) is 5.42. The molecule has 1 amide bonds. The molecule has 0 radical (unpaired) electrons. The van der Waals surface area contributed by atoms with Gasteiger partial charge in [-0.2, -0.15) is 5.26 Å². The molecule has 22 heavy (non-hydrogen) atoms. The molecule has 0 saturated carbocycles. The van der Waals surface area contributed by atoms with Crippen LogP contribution in [0.25, 0.3) is 0 Å². The Morgan fingerprint density at radius 1 is 1.14 bits per heavy atom. The molecule has 0 saturated heterocycles. The number of hydrogen-bond donors (Lipinski definition) is 1. The van der Waals surface area contributed by atoms with Crippen molar-refractivity contribution < 1.29 is 4.79 Å². The highest BCUT2D eigenvalue weighted by Gasteiger charge is 2.26. The summed E-state index contributed by atoms with van der Waals surface area (Å²) in [6.07, 6.45) is 0.910. The summed E-state index contributed by atoms with van der Waals surface area (Å²) in [5.74, 6) is -0.0714. The standard InChI is InChI=1S/C19H20N2O/c1-3-14(2)18(15-9-5-4-6-10-15)19(22)21-17-12-8-7-11-16(17)13-20/h4-12,14,18H,3H2,1-2H3,(H,21,22). The van der Waals surface area contributed by atoms with Gasteiger partial charge in [-0.15, -0.1) is 0 Å². The molecular weight excluding hydrogens is 272 g/mol. The van der Waals surface area contributed by atoms with Crippen LogP contribution < -0.4 is 5.32 Å². The molecule has 0 aliphatic rings. The van der Waals surface area contributed by atoms with Gasteiger partial charge >= 0.3 is 0 Å². The first kappa shape index (κ1) is 15.8. The maximum Gasteiger partial charge on any atom is 0.232 e. The molecule has 0 aliphatic carbocycles. The summed E-state index contributed by atoms with van der Waals surface area (Å²) in [6.45, 7) is 4.16. The van der Waals surface area contributed by atoms with Crippen LogP contribution in [0, 0.1) is 17.2 Å². The van der Waals surface area contributed by atoms with E-state index in [4.69, 9.17) is 5.26 Å². The van der Waals surface area contributed by atoms with Gasteiger partial charge in [0.1, 0.15) is 6.07 Å². The molecule has 2 aromatic rings. The van der Waals surface area contributed by atoms with Crippen molar-refractivity contribution in [1.82, 2.24) is 0 Å². The Morgan fingerprint density at radius 2 is 1.77 bits per heavy atom. The van der Waals surface area contributed by atoms with E-state index in [-0.39, 0.29) is 17.7 Å². The number of nitriles is 1. The first-order valence-corrected chi connectivity index (χ1v) is 7.52. The molecule has 1 N–H and O–H groups in total. The van der Waals surface area contributed by atoms with E-state index in [1.807, 2.05) is 36.4 Å². The van der Waals surface area contributed by atoms with Gasteiger partial charge in [0.15, 0.2) is 0 Å². The van der Waals surface area contributed by atoms with Crippen LogP contribution in [-0.2, 0) is 4.79 Å². The number of para-hydroxylation sites is 1. The number of hydrogen-bond acceptors (Lipinski definition) is 2. The topological polar surface area (TPSA) is 52.9 Å². The molecule has 0 heterocycles. The van der Waals surface area contributed by atoms with Gasteiger partial charge in [-0.1, -0.05) is 62.7 Å². The highest BCUT2D eigenvalue weighted by atomic mass is 16.1. The van der Waals surface area contributed by atoms with E-state index in [1.54, 1.807) is 18.2 Å². The lowest BCUT2D eigenvalue weighted by molar-refractivity contribution is -0.118. The lowest BCUT2D eigenvalue weighted by Gasteiger charge is -2.23. The quantitative estimate of drug-likeness (QED) is 0.892. The molecule has 0 fully saturated rings. The number of nitrogens with zero attached hydrogens (tertiary/aromatic N) is 1. The van der Waals surface area contributed by atoms with Crippen LogP contribution in [0.5, 0.6) is 0 Å². The summed E-state index contributed by atoms with van der Waals surface area (Å²) in [7, 11) is 0. The van der Waals surface area contributed by atoms with Crippen LogP contribution in [0.3, 0.4) is 0 Å². The van der Waals surface area contributed by atoms with Crippen LogP contribution in [0.15, 0.2) is 54.6 Å². The number of nitrogens with one attached hydrogen (secondary N) is 1. The van der Waals surface area contributed by atoms with Crippen molar-refractivity contribution in [3.63, 3.8) is 0 Å². The highest BCUT2D eigenvalue weighted by Crippen LogP contribution is 2.29. The van der Waals surface area contributed by atoms with Crippen molar-refractivity contribution in [2.45, 2.75) is 26.2 Å². The predicted molar refractivity (Wildman–Crippen MR) is 88.4 cm³/mol. The Balaban J connectivity index is 2.29. The second-order valence-corrected chi connectivity index (χ2v) is 5.42. The third kappa shape index (κ3) is 3.53.